The predicted octanol–water partition coefficient (Wildman–Crippen LogP) is 4.48. The Hall–Kier alpha value is -3.93. The lowest BCUT2D eigenvalue weighted by atomic mass is 9.92. The molecular formula is C24H27F3N6O3. The average Bonchev–Trinajstić information content (AvgIpc) is 2.75. The Balaban J connectivity index is 1.79. The van der Waals surface area contributed by atoms with Gasteiger partial charge in [0, 0.05) is 23.5 Å². The number of nitrogens with one attached hydrogen (secondary N) is 3. The van der Waals surface area contributed by atoms with E-state index in [9.17, 15) is 22.8 Å². The summed E-state index contributed by atoms with van der Waals surface area (Å²) in [5.41, 5.74) is 4.93. The first-order valence-electron chi connectivity index (χ1n) is 11.0. The summed E-state index contributed by atoms with van der Waals surface area (Å²) in [5.74, 6) is 0.562. The SMILES string of the molecule is CCOc1cc(=O)[nH]cc1-c1ncc(NC(=O)Nc2ccc(CC(C)(C)N)c(C(F)(F)F)c2)c(C)n1. The number of rotatable bonds is 7. The minimum absolute atomic E-state index is 0.0114. The van der Waals surface area contributed by atoms with Gasteiger partial charge in [-0.05, 0) is 51.8 Å². The van der Waals surface area contributed by atoms with Crippen molar-refractivity contribution in [2.45, 2.75) is 45.8 Å². The first-order valence-corrected chi connectivity index (χ1v) is 11.0. The van der Waals surface area contributed by atoms with E-state index in [0.29, 0.717) is 23.6 Å². The normalized spacial score (nSPS) is 11.8. The molecule has 0 aliphatic rings. The molecule has 192 valence electrons. The first-order chi connectivity index (χ1) is 16.8. The van der Waals surface area contributed by atoms with E-state index in [1.807, 2.05) is 0 Å². The van der Waals surface area contributed by atoms with Crippen molar-refractivity contribution in [3.8, 4) is 17.1 Å². The summed E-state index contributed by atoms with van der Waals surface area (Å²) in [5, 5.41) is 4.93. The van der Waals surface area contributed by atoms with Crippen molar-refractivity contribution < 1.29 is 22.7 Å². The quantitative estimate of drug-likeness (QED) is 0.375. The molecule has 36 heavy (non-hydrogen) atoms. The van der Waals surface area contributed by atoms with Crippen LogP contribution in [0.15, 0.2) is 41.5 Å². The predicted molar refractivity (Wildman–Crippen MR) is 130 cm³/mol. The third kappa shape index (κ3) is 6.81. The number of nitrogens with two attached hydrogens (primary N) is 1. The largest absolute Gasteiger partial charge is 0.493 e. The molecular weight excluding hydrogens is 477 g/mol. The molecule has 2 amide bonds. The Morgan fingerprint density at radius 2 is 1.92 bits per heavy atom. The molecule has 12 heteroatoms. The Bertz CT molecular complexity index is 1320. The maximum Gasteiger partial charge on any atom is 0.416 e. The Morgan fingerprint density at radius 1 is 1.19 bits per heavy atom. The van der Waals surface area contributed by atoms with E-state index in [0.717, 1.165) is 6.07 Å². The second kappa shape index (κ2) is 10.4. The lowest BCUT2D eigenvalue weighted by Crippen LogP contribution is -2.35. The van der Waals surface area contributed by atoms with Crippen molar-refractivity contribution in [1.82, 2.24) is 15.0 Å². The number of alkyl halides is 3. The summed E-state index contributed by atoms with van der Waals surface area (Å²) in [6, 6.07) is 4.07. The van der Waals surface area contributed by atoms with Gasteiger partial charge in [-0.15, -0.1) is 0 Å². The molecule has 0 bridgehead atoms. The van der Waals surface area contributed by atoms with Gasteiger partial charge in [0.05, 0.1) is 35.3 Å². The highest BCUT2D eigenvalue weighted by atomic mass is 19.4. The number of carbonyl (C=O) groups excluding carboxylic acids is 1. The second-order valence-corrected chi connectivity index (χ2v) is 8.82. The van der Waals surface area contributed by atoms with Crippen molar-refractivity contribution in [2.24, 2.45) is 5.73 Å². The number of amides is 2. The first kappa shape index (κ1) is 26.7. The van der Waals surface area contributed by atoms with Crippen molar-refractivity contribution in [3.05, 3.63) is 63.8 Å². The van der Waals surface area contributed by atoms with Crippen LogP contribution in [0.2, 0.25) is 0 Å². The highest BCUT2D eigenvalue weighted by Crippen LogP contribution is 2.35. The molecule has 5 N–H and O–H groups in total. The molecule has 1 aromatic carbocycles. The zero-order chi connectivity index (χ0) is 26.7. The van der Waals surface area contributed by atoms with Crippen LogP contribution in [-0.2, 0) is 12.6 Å². The number of benzene rings is 1. The Kier molecular flexibility index (Phi) is 7.68. The van der Waals surface area contributed by atoms with E-state index in [1.165, 1.54) is 30.6 Å². The second-order valence-electron chi connectivity index (χ2n) is 8.82. The Labute approximate surface area is 205 Å². The van der Waals surface area contributed by atoms with Gasteiger partial charge < -0.3 is 26.1 Å². The molecule has 3 aromatic rings. The fraction of sp³-hybridized carbons (Fsp3) is 0.333. The number of hydrogen-bond acceptors (Lipinski definition) is 6. The molecule has 0 saturated carbocycles. The van der Waals surface area contributed by atoms with E-state index in [-0.39, 0.29) is 34.7 Å². The highest BCUT2D eigenvalue weighted by molar-refractivity contribution is 6.00. The van der Waals surface area contributed by atoms with Crippen LogP contribution in [0.1, 0.15) is 37.6 Å². The summed E-state index contributed by atoms with van der Waals surface area (Å²) < 4.78 is 46.3. The van der Waals surface area contributed by atoms with Crippen LogP contribution in [0.5, 0.6) is 5.75 Å². The molecule has 2 aromatic heterocycles. The summed E-state index contributed by atoms with van der Waals surface area (Å²) in [4.78, 5) is 35.2. The monoisotopic (exact) mass is 504 g/mol. The highest BCUT2D eigenvalue weighted by Gasteiger charge is 2.34. The number of ether oxygens (including phenoxy) is 1. The number of urea groups is 1. The van der Waals surface area contributed by atoms with Crippen LogP contribution >= 0.6 is 0 Å². The molecule has 9 nitrogen and oxygen atoms in total. The van der Waals surface area contributed by atoms with Crippen LogP contribution < -0.4 is 26.7 Å². The van der Waals surface area contributed by atoms with Gasteiger partial charge in [0.1, 0.15) is 5.75 Å². The van der Waals surface area contributed by atoms with Crippen molar-refractivity contribution in [3.63, 3.8) is 0 Å². The third-order valence-corrected chi connectivity index (χ3v) is 4.97. The van der Waals surface area contributed by atoms with Crippen LogP contribution in [0.3, 0.4) is 0 Å². The van der Waals surface area contributed by atoms with Crippen LogP contribution in [-0.4, -0.2) is 33.1 Å². The molecule has 0 fully saturated rings. The number of H-pyrrole nitrogens is 1. The molecule has 0 saturated heterocycles. The molecule has 3 rings (SSSR count). The lowest BCUT2D eigenvalue weighted by molar-refractivity contribution is -0.138. The number of anilines is 2. The number of halogens is 3. The smallest absolute Gasteiger partial charge is 0.416 e. The number of pyridine rings is 1. The van der Waals surface area contributed by atoms with Crippen LogP contribution in [0.25, 0.3) is 11.4 Å². The summed E-state index contributed by atoms with van der Waals surface area (Å²) in [6.45, 7) is 7.00. The number of hydrogen-bond donors (Lipinski definition) is 4. The fourth-order valence-corrected chi connectivity index (χ4v) is 3.47. The molecule has 0 unspecified atom stereocenters. The van der Waals surface area contributed by atoms with E-state index >= 15 is 0 Å². The maximum atomic E-state index is 13.6. The maximum absolute atomic E-state index is 13.6. The molecule has 0 atom stereocenters. The van der Waals surface area contributed by atoms with Gasteiger partial charge in [0.2, 0.25) is 0 Å². The van der Waals surface area contributed by atoms with Crippen molar-refractivity contribution >= 4 is 17.4 Å². The average molecular weight is 505 g/mol. The van der Waals surface area contributed by atoms with Gasteiger partial charge in [0.25, 0.3) is 5.56 Å². The van der Waals surface area contributed by atoms with E-state index in [4.69, 9.17) is 10.5 Å². The van der Waals surface area contributed by atoms with Gasteiger partial charge >= 0.3 is 12.2 Å². The molecule has 2 heterocycles. The van der Waals surface area contributed by atoms with Gasteiger partial charge in [-0.1, -0.05) is 6.07 Å². The molecule has 0 spiro atoms. The summed E-state index contributed by atoms with van der Waals surface area (Å²) >= 11 is 0. The van der Waals surface area contributed by atoms with Crippen LogP contribution in [0, 0.1) is 6.92 Å². The summed E-state index contributed by atoms with van der Waals surface area (Å²) in [6.07, 6.45) is -1.82. The van der Waals surface area contributed by atoms with E-state index in [1.54, 1.807) is 27.7 Å². The number of nitrogens with zero attached hydrogens (tertiary/aromatic N) is 2. The minimum Gasteiger partial charge on any atom is -0.493 e. The fourth-order valence-electron chi connectivity index (χ4n) is 3.47. The van der Waals surface area contributed by atoms with Crippen LogP contribution in [0.4, 0.5) is 29.3 Å². The van der Waals surface area contributed by atoms with Gasteiger partial charge in [-0.3, -0.25) is 4.79 Å². The van der Waals surface area contributed by atoms with Gasteiger partial charge in [-0.2, -0.15) is 13.2 Å². The number of aromatic amines is 1. The van der Waals surface area contributed by atoms with Crippen molar-refractivity contribution in [1.29, 1.82) is 0 Å². The molecule has 0 aliphatic heterocycles. The topological polar surface area (TPSA) is 135 Å². The van der Waals surface area contributed by atoms with Crippen molar-refractivity contribution in [2.75, 3.05) is 17.2 Å². The van der Waals surface area contributed by atoms with E-state index < -0.39 is 23.3 Å². The zero-order valence-corrected chi connectivity index (χ0v) is 20.2. The van der Waals surface area contributed by atoms with Gasteiger partial charge in [-0.25, -0.2) is 14.8 Å². The molecule has 0 aliphatic carbocycles. The number of aryl methyl sites for hydroxylation is 1. The standard InChI is InChI=1S/C24H27F3N6O3/c1-5-36-19-9-20(34)29-11-16(19)21-30-12-18(13(2)31-21)33-22(35)32-15-7-6-14(10-23(3,4)28)17(8-15)24(25,26)27/h6-9,11-12H,5,10,28H2,1-4H3,(H,29,34)(H2,32,33,35). The third-order valence-electron chi connectivity index (χ3n) is 4.97. The zero-order valence-electron chi connectivity index (χ0n) is 20.2. The number of aromatic nitrogens is 3. The Morgan fingerprint density at radius 3 is 2.53 bits per heavy atom. The minimum atomic E-state index is -4.61. The number of carbonyl (C=O) groups is 1. The van der Waals surface area contributed by atoms with Gasteiger partial charge in [0.15, 0.2) is 5.82 Å². The summed E-state index contributed by atoms with van der Waals surface area (Å²) in [7, 11) is 0. The molecule has 0 radical (unpaired) electrons. The van der Waals surface area contributed by atoms with E-state index in [2.05, 4.69) is 25.6 Å². The lowest BCUT2D eigenvalue weighted by Gasteiger charge is -2.22.